The maximum Gasteiger partial charge on any atom is 0.251 e. The van der Waals surface area contributed by atoms with Gasteiger partial charge in [0.1, 0.15) is 0 Å². The van der Waals surface area contributed by atoms with E-state index in [1.54, 1.807) is 7.05 Å². The van der Waals surface area contributed by atoms with Crippen LogP contribution in [0, 0.1) is 13.8 Å². The van der Waals surface area contributed by atoms with Crippen molar-refractivity contribution in [1.29, 1.82) is 0 Å². The lowest BCUT2D eigenvalue weighted by Crippen LogP contribution is -2.42. The van der Waals surface area contributed by atoms with Crippen LogP contribution in [0.5, 0.6) is 0 Å². The summed E-state index contributed by atoms with van der Waals surface area (Å²) in [6, 6.07) is 7.81. The van der Waals surface area contributed by atoms with Crippen molar-refractivity contribution in [2.24, 2.45) is 12.0 Å². The van der Waals surface area contributed by atoms with Gasteiger partial charge in [-0.25, -0.2) is 0 Å². The van der Waals surface area contributed by atoms with Crippen molar-refractivity contribution in [3.8, 4) is 0 Å². The van der Waals surface area contributed by atoms with E-state index in [0.29, 0.717) is 18.7 Å². The van der Waals surface area contributed by atoms with E-state index in [1.165, 1.54) is 11.3 Å². The summed E-state index contributed by atoms with van der Waals surface area (Å²) in [4.78, 5) is 16.1. The zero-order valence-corrected chi connectivity index (χ0v) is 17.8. The van der Waals surface area contributed by atoms with E-state index in [-0.39, 0.29) is 11.9 Å². The fraction of sp³-hybridized carbons (Fsp3) is 0.476. The number of guanidine groups is 1. The zero-order valence-electron chi connectivity index (χ0n) is 17.8. The molecule has 0 bridgehead atoms. The van der Waals surface area contributed by atoms with Crippen molar-refractivity contribution in [1.82, 2.24) is 25.7 Å². The Morgan fingerprint density at radius 1 is 1.21 bits per heavy atom. The molecular formula is C21H32N6O. The highest BCUT2D eigenvalue weighted by molar-refractivity contribution is 5.94. The van der Waals surface area contributed by atoms with E-state index < -0.39 is 0 Å². The molecule has 7 heteroatoms. The topological polar surface area (TPSA) is 83.3 Å². The molecular weight excluding hydrogens is 352 g/mol. The van der Waals surface area contributed by atoms with Crippen LogP contribution < -0.4 is 16.0 Å². The third kappa shape index (κ3) is 5.58. The third-order valence-corrected chi connectivity index (χ3v) is 4.79. The van der Waals surface area contributed by atoms with Gasteiger partial charge in [-0.05, 0) is 57.4 Å². The Morgan fingerprint density at radius 3 is 2.43 bits per heavy atom. The monoisotopic (exact) mass is 384 g/mol. The molecule has 0 saturated carbocycles. The lowest BCUT2D eigenvalue weighted by molar-refractivity contribution is 0.0956. The number of carbonyl (C=O) groups excluding carboxylic acids is 1. The van der Waals surface area contributed by atoms with E-state index >= 15 is 0 Å². The number of rotatable bonds is 7. The quantitative estimate of drug-likeness (QED) is 0.504. The molecule has 0 aliphatic carbocycles. The summed E-state index contributed by atoms with van der Waals surface area (Å²) in [6.45, 7) is 9.45. The predicted molar refractivity (Wildman–Crippen MR) is 114 cm³/mol. The number of benzene rings is 1. The zero-order chi connectivity index (χ0) is 20.7. The highest BCUT2D eigenvalue weighted by atomic mass is 16.1. The molecule has 1 aromatic carbocycles. The Hall–Kier alpha value is -2.83. The molecule has 0 aliphatic heterocycles. The molecule has 0 fully saturated rings. The van der Waals surface area contributed by atoms with Gasteiger partial charge < -0.3 is 16.0 Å². The average molecular weight is 385 g/mol. The van der Waals surface area contributed by atoms with Gasteiger partial charge in [0.2, 0.25) is 0 Å². The molecule has 0 spiro atoms. The van der Waals surface area contributed by atoms with E-state index in [2.05, 4.69) is 39.9 Å². The first-order valence-electron chi connectivity index (χ1n) is 9.69. The van der Waals surface area contributed by atoms with Gasteiger partial charge in [-0.2, -0.15) is 5.10 Å². The molecule has 152 valence electrons. The van der Waals surface area contributed by atoms with Crippen molar-refractivity contribution in [2.75, 3.05) is 13.6 Å². The minimum absolute atomic E-state index is 0.0469. The second-order valence-electron chi connectivity index (χ2n) is 7.00. The number of carbonyl (C=O) groups is 1. The highest BCUT2D eigenvalue weighted by Crippen LogP contribution is 2.14. The van der Waals surface area contributed by atoms with E-state index in [1.807, 2.05) is 49.8 Å². The Bertz CT molecular complexity index is 822. The van der Waals surface area contributed by atoms with Gasteiger partial charge in [-0.3, -0.25) is 14.5 Å². The number of aromatic nitrogens is 2. The first kappa shape index (κ1) is 21.5. The molecule has 2 aromatic rings. The molecule has 1 amide bonds. The lowest BCUT2D eigenvalue weighted by atomic mass is 10.1. The van der Waals surface area contributed by atoms with E-state index in [0.717, 1.165) is 23.6 Å². The van der Waals surface area contributed by atoms with Gasteiger partial charge in [0, 0.05) is 44.5 Å². The summed E-state index contributed by atoms with van der Waals surface area (Å²) in [5, 5.41) is 14.0. The number of hydrogen-bond donors (Lipinski definition) is 3. The smallest absolute Gasteiger partial charge is 0.251 e. The summed E-state index contributed by atoms with van der Waals surface area (Å²) in [5.41, 5.74) is 5.30. The first-order chi connectivity index (χ1) is 13.3. The van der Waals surface area contributed by atoms with Crippen LogP contribution in [0.2, 0.25) is 0 Å². The molecule has 1 unspecified atom stereocenters. The Balaban J connectivity index is 1.89. The Labute approximate surface area is 167 Å². The summed E-state index contributed by atoms with van der Waals surface area (Å²) in [7, 11) is 3.74. The summed E-state index contributed by atoms with van der Waals surface area (Å²) in [6.07, 6.45) is 0.882. The van der Waals surface area contributed by atoms with Crippen molar-refractivity contribution in [3.63, 3.8) is 0 Å². The van der Waals surface area contributed by atoms with Gasteiger partial charge >= 0.3 is 0 Å². The molecule has 1 atom stereocenters. The van der Waals surface area contributed by atoms with Gasteiger partial charge in [-0.1, -0.05) is 12.1 Å². The molecule has 7 nitrogen and oxygen atoms in total. The van der Waals surface area contributed by atoms with Crippen molar-refractivity contribution in [3.05, 3.63) is 52.3 Å². The number of nitrogens with zero attached hydrogens (tertiary/aromatic N) is 3. The van der Waals surface area contributed by atoms with Crippen molar-refractivity contribution in [2.45, 2.75) is 46.7 Å². The summed E-state index contributed by atoms with van der Waals surface area (Å²) in [5.74, 6) is 0.703. The van der Waals surface area contributed by atoms with Gasteiger partial charge in [0.25, 0.3) is 5.91 Å². The summed E-state index contributed by atoms with van der Waals surface area (Å²) < 4.78 is 1.93. The largest absolute Gasteiger partial charge is 0.354 e. The van der Waals surface area contributed by atoms with Gasteiger partial charge in [0.05, 0.1) is 5.69 Å². The van der Waals surface area contributed by atoms with Crippen molar-refractivity contribution >= 4 is 11.9 Å². The molecule has 0 radical (unpaired) electrons. The van der Waals surface area contributed by atoms with E-state index in [9.17, 15) is 4.79 Å². The minimum Gasteiger partial charge on any atom is -0.354 e. The number of hydrogen-bond acceptors (Lipinski definition) is 3. The fourth-order valence-electron chi connectivity index (χ4n) is 3.12. The highest BCUT2D eigenvalue weighted by Gasteiger charge is 2.14. The fourth-order valence-corrected chi connectivity index (χ4v) is 3.12. The van der Waals surface area contributed by atoms with Crippen LogP contribution in [0.15, 0.2) is 29.3 Å². The second-order valence-corrected chi connectivity index (χ2v) is 7.00. The number of aliphatic imine (C=N–C) groups is 1. The average Bonchev–Trinajstić information content (AvgIpc) is 2.91. The SMILES string of the molecule is CCNC(=O)c1ccc(CNC(=NC)NC(C)Cc2c(C)nn(C)c2C)cc1. The van der Waals surface area contributed by atoms with Crippen LogP contribution in [-0.2, 0) is 20.0 Å². The maximum absolute atomic E-state index is 11.8. The number of nitrogens with one attached hydrogen (secondary N) is 3. The van der Waals surface area contributed by atoms with Crippen LogP contribution >= 0.6 is 0 Å². The van der Waals surface area contributed by atoms with Gasteiger partial charge in [-0.15, -0.1) is 0 Å². The molecule has 0 saturated heterocycles. The van der Waals surface area contributed by atoms with Gasteiger partial charge in [0.15, 0.2) is 5.96 Å². The lowest BCUT2D eigenvalue weighted by Gasteiger charge is -2.18. The predicted octanol–water partition coefficient (Wildman–Crippen LogP) is 2.08. The van der Waals surface area contributed by atoms with Crippen LogP contribution in [0.25, 0.3) is 0 Å². The molecule has 1 aromatic heterocycles. The molecule has 2 rings (SSSR count). The Morgan fingerprint density at radius 2 is 1.89 bits per heavy atom. The molecule has 1 heterocycles. The normalized spacial score (nSPS) is 12.6. The van der Waals surface area contributed by atoms with E-state index in [4.69, 9.17) is 0 Å². The van der Waals surface area contributed by atoms with Crippen molar-refractivity contribution < 1.29 is 4.79 Å². The number of amides is 1. The van der Waals surface area contributed by atoms with Crippen LogP contribution in [0.4, 0.5) is 0 Å². The molecule has 0 aliphatic rings. The Kier molecular flexibility index (Phi) is 7.61. The van der Waals surface area contributed by atoms with Crippen LogP contribution in [-0.4, -0.2) is 41.3 Å². The third-order valence-electron chi connectivity index (χ3n) is 4.79. The molecule has 28 heavy (non-hydrogen) atoms. The maximum atomic E-state index is 11.8. The minimum atomic E-state index is -0.0469. The van der Waals surface area contributed by atoms with Crippen LogP contribution in [0.3, 0.4) is 0 Å². The summed E-state index contributed by atoms with van der Waals surface area (Å²) >= 11 is 0. The second kappa shape index (κ2) is 9.92. The number of aryl methyl sites for hydroxylation is 2. The standard InChI is InChI=1S/C21H32N6O/c1-7-23-20(28)18-10-8-17(9-11-18)13-24-21(22-5)25-14(2)12-19-15(3)26-27(6)16(19)4/h8-11,14H,7,12-13H2,1-6H3,(H,23,28)(H2,22,24,25). The van der Waals surface area contributed by atoms with Crippen LogP contribution in [0.1, 0.15) is 46.7 Å². The first-order valence-corrected chi connectivity index (χ1v) is 9.69. The molecule has 3 N–H and O–H groups in total.